The number of carbonyl (C=O) groups is 1. The lowest BCUT2D eigenvalue weighted by molar-refractivity contribution is -0.117. The van der Waals surface area contributed by atoms with Crippen LogP contribution in [0.4, 0.5) is 0 Å². The van der Waals surface area contributed by atoms with Gasteiger partial charge in [-0.15, -0.1) is 0 Å². The summed E-state index contributed by atoms with van der Waals surface area (Å²) in [5.74, 6) is 0.355. The fraction of sp³-hybridized carbons (Fsp3) is 0.588. The van der Waals surface area contributed by atoms with E-state index >= 15 is 0 Å². The van der Waals surface area contributed by atoms with Gasteiger partial charge in [0.1, 0.15) is 5.78 Å². The molecule has 1 heterocycles. The number of rotatable bonds is 5. The molecule has 5 heteroatoms. The van der Waals surface area contributed by atoms with Crippen LogP contribution in [0, 0.1) is 0 Å². The SMILES string of the molecule is O=C1CCN(C2CCCC2OCCc2c(Cl)cccc2Cl)C1. The summed E-state index contributed by atoms with van der Waals surface area (Å²) in [6, 6.07) is 5.97. The third-order valence-electron chi connectivity index (χ3n) is 4.69. The maximum absolute atomic E-state index is 11.5. The number of carbonyl (C=O) groups excluding carboxylic acids is 1. The van der Waals surface area contributed by atoms with Crippen LogP contribution in [0.15, 0.2) is 18.2 Å². The molecule has 1 aliphatic heterocycles. The van der Waals surface area contributed by atoms with Gasteiger partial charge in [-0.05, 0) is 43.4 Å². The number of hydrogen-bond acceptors (Lipinski definition) is 3. The van der Waals surface area contributed by atoms with Crippen LogP contribution in [0.5, 0.6) is 0 Å². The number of hydrogen-bond donors (Lipinski definition) is 0. The molecule has 0 bridgehead atoms. The minimum atomic E-state index is 0.229. The van der Waals surface area contributed by atoms with Gasteiger partial charge in [-0.3, -0.25) is 9.69 Å². The summed E-state index contributed by atoms with van der Waals surface area (Å²) < 4.78 is 6.11. The van der Waals surface area contributed by atoms with Crippen LogP contribution < -0.4 is 0 Å². The maximum atomic E-state index is 11.5. The Morgan fingerprint density at radius 3 is 2.68 bits per heavy atom. The van der Waals surface area contributed by atoms with Crippen molar-refractivity contribution in [3.05, 3.63) is 33.8 Å². The first-order valence-corrected chi connectivity index (χ1v) is 8.71. The highest BCUT2D eigenvalue weighted by atomic mass is 35.5. The Morgan fingerprint density at radius 2 is 2.00 bits per heavy atom. The standard InChI is InChI=1S/C17H21Cl2NO2/c18-14-3-1-4-15(19)13(14)8-10-22-17-6-2-5-16(17)20-9-7-12(21)11-20/h1,3-4,16-17H,2,5-11H2. The van der Waals surface area contributed by atoms with Crippen molar-refractivity contribution in [1.29, 1.82) is 0 Å². The molecular weight excluding hydrogens is 321 g/mol. The van der Waals surface area contributed by atoms with E-state index in [-0.39, 0.29) is 6.10 Å². The molecule has 3 rings (SSSR count). The Balaban J connectivity index is 1.53. The van der Waals surface area contributed by atoms with E-state index < -0.39 is 0 Å². The van der Waals surface area contributed by atoms with Crippen molar-refractivity contribution in [3.63, 3.8) is 0 Å². The molecule has 0 amide bonds. The molecule has 1 aliphatic carbocycles. The van der Waals surface area contributed by atoms with Gasteiger partial charge in [-0.1, -0.05) is 29.3 Å². The zero-order valence-corrected chi connectivity index (χ0v) is 14.1. The highest BCUT2D eigenvalue weighted by molar-refractivity contribution is 6.35. The van der Waals surface area contributed by atoms with Crippen LogP contribution in [-0.4, -0.2) is 42.5 Å². The first-order valence-electron chi connectivity index (χ1n) is 7.95. The van der Waals surface area contributed by atoms with Gasteiger partial charge in [0, 0.05) is 29.1 Å². The molecule has 0 radical (unpaired) electrons. The van der Waals surface area contributed by atoms with Crippen LogP contribution >= 0.6 is 23.2 Å². The summed E-state index contributed by atoms with van der Waals surface area (Å²) in [6.45, 7) is 2.10. The van der Waals surface area contributed by atoms with Crippen LogP contribution in [-0.2, 0) is 16.0 Å². The fourth-order valence-electron chi connectivity index (χ4n) is 3.54. The molecule has 2 aliphatic rings. The molecule has 2 fully saturated rings. The van der Waals surface area contributed by atoms with E-state index in [1.54, 1.807) is 0 Å². The molecule has 1 aromatic carbocycles. The van der Waals surface area contributed by atoms with Crippen LogP contribution in [0.2, 0.25) is 10.0 Å². The van der Waals surface area contributed by atoms with Crippen molar-refractivity contribution in [1.82, 2.24) is 4.90 Å². The number of halogens is 2. The molecule has 1 saturated carbocycles. The van der Waals surface area contributed by atoms with E-state index in [0.29, 0.717) is 41.4 Å². The van der Waals surface area contributed by atoms with Crippen LogP contribution in [0.1, 0.15) is 31.2 Å². The Bertz CT molecular complexity index is 529. The average Bonchev–Trinajstić information content (AvgIpc) is 3.10. The summed E-state index contributed by atoms with van der Waals surface area (Å²) in [6.07, 6.45) is 5.02. The second-order valence-corrected chi connectivity index (χ2v) is 6.93. The highest BCUT2D eigenvalue weighted by Crippen LogP contribution is 2.30. The van der Waals surface area contributed by atoms with Gasteiger partial charge in [-0.25, -0.2) is 0 Å². The Kier molecular flexibility index (Phi) is 5.40. The number of nitrogens with zero attached hydrogens (tertiary/aromatic N) is 1. The third-order valence-corrected chi connectivity index (χ3v) is 5.40. The van der Waals surface area contributed by atoms with Gasteiger partial charge < -0.3 is 4.74 Å². The Hall–Kier alpha value is -0.610. The van der Waals surface area contributed by atoms with Gasteiger partial charge in [-0.2, -0.15) is 0 Å². The zero-order chi connectivity index (χ0) is 15.5. The summed E-state index contributed by atoms with van der Waals surface area (Å²) >= 11 is 12.4. The largest absolute Gasteiger partial charge is 0.376 e. The molecule has 0 aromatic heterocycles. The van der Waals surface area contributed by atoms with Gasteiger partial charge in [0.15, 0.2) is 0 Å². The fourth-order valence-corrected chi connectivity index (χ4v) is 4.12. The minimum Gasteiger partial charge on any atom is -0.376 e. The number of ketones is 1. The van der Waals surface area contributed by atoms with Gasteiger partial charge in [0.2, 0.25) is 0 Å². The van der Waals surface area contributed by atoms with Crippen molar-refractivity contribution in [2.24, 2.45) is 0 Å². The van der Waals surface area contributed by atoms with Crippen molar-refractivity contribution in [3.8, 4) is 0 Å². The molecule has 120 valence electrons. The van der Waals surface area contributed by atoms with Gasteiger partial charge >= 0.3 is 0 Å². The molecule has 0 N–H and O–H groups in total. The zero-order valence-electron chi connectivity index (χ0n) is 12.6. The van der Waals surface area contributed by atoms with Gasteiger partial charge in [0.05, 0.1) is 19.3 Å². The molecule has 2 unspecified atom stereocenters. The van der Waals surface area contributed by atoms with E-state index in [1.807, 2.05) is 18.2 Å². The lowest BCUT2D eigenvalue weighted by Crippen LogP contribution is -2.40. The van der Waals surface area contributed by atoms with Gasteiger partial charge in [0.25, 0.3) is 0 Å². The number of Topliss-reactive ketones (excluding diaryl/α,β-unsaturated/α-hetero) is 1. The number of likely N-dealkylation sites (tertiary alicyclic amines) is 1. The second-order valence-electron chi connectivity index (χ2n) is 6.12. The lowest BCUT2D eigenvalue weighted by atomic mass is 10.1. The predicted molar refractivity (Wildman–Crippen MR) is 88.7 cm³/mol. The van der Waals surface area contributed by atoms with Crippen molar-refractivity contribution in [2.45, 2.75) is 44.2 Å². The second kappa shape index (κ2) is 7.31. The van der Waals surface area contributed by atoms with Crippen LogP contribution in [0.3, 0.4) is 0 Å². The smallest absolute Gasteiger partial charge is 0.148 e. The minimum absolute atomic E-state index is 0.229. The summed E-state index contributed by atoms with van der Waals surface area (Å²) in [5, 5.41) is 1.40. The summed E-state index contributed by atoms with van der Waals surface area (Å²) in [5.41, 5.74) is 0.955. The van der Waals surface area contributed by atoms with Crippen molar-refractivity contribution in [2.75, 3.05) is 19.7 Å². The Morgan fingerprint density at radius 1 is 1.23 bits per heavy atom. The molecule has 2 atom stereocenters. The monoisotopic (exact) mass is 341 g/mol. The number of ether oxygens (including phenoxy) is 1. The molecule has 0 spiro atoms. The normalized spacial score (nSPS) is 26.0. The molecule has 1 saturated heterocycles. The van der Waals surface area contributed by atoms with Crippen molar-refractivity contribution >= 4 is 29.0 Å². The van der Waals surface area contributed by atoms with E-state index in [4.69, 9.17) is 27.9 Å². The molecular formula is C17H21Cl2NO2. The molecule has 3 nitrogen and oxygen atoms in total. The summed E-state index contributed by atoms with van der Waals surface area (Å²) in [4.78, 5) is 13.8. The highest BCUT2D eigenvalue weighted by Gasteiger charge is 2.36. The molecule has 22 heavy (non-hydrogen) atoms. The topological polar surface area (TPSA) is 29.5 Å². The third kappa shape index (κ3) is 3.65. The van der Waals surface area contributed by atoms with Crippen molar-refractivity contribution < 1.29 is 9.53 Å². The van der Waals surface area contributed by atoms with E-state index in [9.17, 15) is 4.79 Å². The van der Waals surface area contributed by atoms with E-state index in [0.717, 1.165) is 31.4 Å². The van der Waals surface area contributed by atoms with E-state index in [2.05, 4.69) is 4.90 Å². The lowest BCUT2D eigenvalue weighted by Gasteiger charge is -2.28. The predicted octanol–water partition coefficient (Wildman–Crippen LogP) is 3.75. The quantitative estimate of drug-likeness (QED) is 0.816. The molecule has 1 aromatic rings. The maximum Gasteiger partial charge on any atom is 0.148 e. The first kappa shape index (κ1) is 16.3. The van der Waals surface area contributed by atoms with Crippen LogP contribution in [0.25, 0.3) is 0 Å². The average molecular weight is 342 g/mol. The Labute approximate surface area is 141 Å². The summed E-state index contributed by atoms with van der Waals surface area (Å²) in [7, 11) is 0. The first-order chi connectivity index (χ1) is 10.6. The van der Waals surface area contributed by atoms with E-state index in [1.165, 1.54) is 6.42 Å². The number of benzene rings is 1.